The third-order valence-electron chi connectivity index (χ3n) is 4.78. The number of hydrogen-bond donors (Lipinski definition) is 1. The Balaban J connectivity index is 1.40. The van der Waals surface area contributed by atoms with Crippen molar-refractivity contribution in [3.05, 3.63) is 89.4 Å². The summed E-state index contributed by atoms with van der Waals surface area (Å²) in [6.45, 7) is 0.245. The van der Waals surface area contributed by atoms with Gasteiger partial charge in [-0.3, -0.25) is 14.0 Å². The monoisotopic (exact) mass is 354 g/mol. The molecule has 0 saturated heterocycles. The largest absolute Gasteiger partial charge is 0.345 e. The van der Waals surface area contributed by atoms with Gasteiger partial charge in [0.2, 0.25) is 0 Å². The molecule has 0 spiro atoms. The first-order valence-electron chi connectivity index (χ1n) is 8.57. The Bertz CT molecular complexity index is 1230. The minimum Gasteiger partial charge on any atom is -0.345 e. The molecule has 6 heteroatoms. The molecule has 1 aliphatic rings. The second-order valence-electron chi connectivity index (χ2n) is 6.36. The van der Waals surface area contributed by atoms with Gasteiger partial charge in [-0.05, 0) is 35.4 Å². The van der Waals surface area contributed by atoms with Crippen molar-refractivity contribution in [3.63, 3.8) is 0 Å². The van der Waals surface area contributed by atoms with Crippen molar-refractivity contribution in [3.8, 4) is 11.1 Å². The molecule has 1 aliphatic carbocycles. The van der Waals surface area contributed by atoms with Crippen LogP contribution < -0.4 is 5.32 Å². The summed E-state index contributed by atoms with van der Waals surface area (Å²) in [4.78, 5) is 25.2. The van der Waals surface area contributed by atoms with E-state index in [1.54, 1.807) is 12.1 Å². The lowest BCUT2D eigenvalue weighted by Gasteiger charge is -2.06. The van der Waals surface area contributed by atoms with Crippen LogP contribution in [0.25, 0.3) is 16.8 Å². The van der Waals surface area contributed by atoms with Crippen LogP contribution in [-0.4, -0.2) is 26.3 Å². The average molecular weight is 354 g/mol. The second-order valence-corrected chi connectivity index (χ2v) is 6.36. The molecule has 2 heterocycles. The van der Waals surface area contributed by atoms with Crippen LogP contribution in [-0.2, 0) is 6.54 Å². The van der Waals surface area contributed by atoms with Gasteiger partial charge in [-0.1, -0.05) is 36.4 Å². The van der Waals surface area contributed by atoms with Gasteiger partial charge >= 0.3 is 0 Å². The first-order chi connectivity index (χ1) is 13.2. The van der Waals surface area contributed by atoms with Crippen LogP contribution in [0.2, 0.25) is 0 Å². The van der Waals surface area contributed by atoms with Crippen molar-refractivity contribution in [1.29, 1.82) is 0 Å². The fourth-order valence-electron chi connectivity index (χ4n) is 3.44. The zero-order valence-corrected chi connectivity index (χ0v) is 14.2. The summed E-state index contributed by atoms with van der Waals surface area (Å²) in [7, 11) is 0. The van der Waals surface area contributed by atoms with Crippen LogP contribution in [0.5, 0.6) is 0 Å². The van der Waals surface area contributed by atoms with Crippen molar-refractivity contribution in [2.24, 2.45) is 0 Å². The number of rotatable bonds is 3. The van der Waals surface area contributed by atoms with Crippen LogP contribution in [0.15, 0.2) is 66.9 Å². The molecule has 130 valence electrons. The first kappa shape index (κ1) is 15.5. The minimum atomic E-state index is -0.255. The topological polar surface area (TPSA) is 76.4 Å². The third-order valence-corrected chi connectivity index (χ3v) is 4.78. The number of amides is 1. The molecule has 2 aromatic heterocycles. The van der Waals surface area contributed by atoms with E-state index in [0.29, 0.717) is 22.5 Å². The van der Waals surface area contributed by atoms with E-state index in [-0.39, 0.29) is 18.2 Å². The molecule has 5 rings (SSSR count). The maximum atomic E-state index is 12.6. The molecule has 4 aromatic rings. The highest BCUT2D eigenvalue weighted by Crippen LogP contribution is 2.36. The fourth-order valence-corrected chi connectivity index (χ4v) is 3.44. The van der Waals surface area contributed by atoms with Crippen molar-refractivity contribution >= 4 is 17.3 Å². The molecule has 0 fully saturated rings. The molecule has 27 heavy (non-hydrogen) atoms. The Hall–Kier alpha value is -3.80. The zero-order valence-electron chi connectivity index (χ0n) is 14.2. The number of carbonyl (C=O) groups is 2. The van der Waals surface area contributed by atoms with E-state index in [1.165, 1.54) is 0 Å². The summed E-state index contributed by atoms with van der Waals surface area (Å²) in [6, 6.07) is 18.3. The molecular formula is C21H14N4O2. The normalized spacial score (nSPS) is 12.1. The van der Waals surface area contributed by atoms with E-state index in [0.717, 1.165) is 16.8 Å². The van der Waals surface area contributed by atoms with Crippen molar-refractivity contribution in [2.75, 3.05) is 0 Å². The van der Waals surface area contributed by atoms with E-state index < -0.39 is 0 Å². The SMILES string of the molecule is O=C(NCc1nnc2ccccn12)c1ccc2c(c1)C(=O)c1ccccc1-2. The predicted molar refractivity (Wildman–Crippen MR) is 99.5 cm³/mol. The number of ketones is 1. The minimum absolute atomic E-state index is 0.0429. The van der Waals surface area contributed by atoms with Crippen molar-refractivity contribution in [1.82, 2.24) is 19.9 Å². The van der Waals surface area contributed by atoms with Gasteiger partial charge in [0, 0.05) is 22.9 Å². The highest BCUT2D eigenvalue weighted by molar-refractivity contribution is 6.22. The number of aromatic nitrogens is 3. The number of fused-ring (bicyclic) bond motifs is 4. The lowest BCUT2D eigenvalue weighted by molar-refractivity contribution is 0.0950. The number of hydrogen-bond acceptors (Lipinski definition) is 4. The van der Waals surface area contributed by atoms with Gasteiger partial charge in [0.05, 0.1) is 6.54 Å². The summed E-state index contributed by atoms with van der Waals surface area (Å²) in [5.41, 5.74) is 4.21. The molecule has 1 amide bonds. The molecule has 0 radical (unpaired) electrons. The van der Waals surface area contributed by atoms with Gasteiger partial charge in [0.1, 0.15) is 0 Å². The lowest BCUT2D eigenvalue weighted by atomic mass is 10.0. The van der Waals surface area contributed by atoms with Crippen LogP contribution in [0, 0.1) is 0 Å². The van der Waals surface area contributed by atoms with Gasteiger partial charge in [0.25, 0.3) is 5.91 Å². The van der Waals surface area contributed by atoms with Gasteiger partial charge in [-0.25, -0.2) is 0 Å². The van der Waals surface area contributed by atoms with Gasteiger partial charge in [-0.2, -0.15) is 0 Å². The van der Waals surface area contributed by atoms with Crippen LogP contribution >= 0.6 is 0 Å². The lowest BCUT2D eigenvalue weighted by Crippen LogP contribution is -2.24. The molecular weight excluding hydrogens is 340 g/mol. The highest BCUT2D eigenvalue weighted by Gasteiger charge is 2.27. The van der Waals surface area contributed by atoms with E-state index in [4.69, 9.17) is 0 Å². The Labute approximate surface area is 154 Å². The molecule has 0 bridgehead atoms. The molecule has 2 aromatic carbocycles. The molecule has 0 saturated carbocycles. The van der Waals surface area contributed by atoms with Crippen LogP contribution in [0.1, 0.15) is 32.1 Å². The quantitative estimate of drug-likeness (QED) is 0.540. The average Bonchev–Trinajstić information content (AvgIpc) is 3.26. The third kappa shape index (κ3) is 2.42. The first-order valence-corrected chi connectivity index (χ1v) is 8.57. The molecule has 0 atom stereocenters. The standard InChI is InChI=1S/C21H14N4O2/c26-20-16-6-2-1-5-14(16)15-9-8-13(11-17(15)20)21(27)22-12-19-24-23-18-7-3-4-10-25(18)19/h1-11H,12H2,(H,22,27). The maximum absolute atomic E-state index is 12.6. The number of carbonyl (C=O) groups excluding carboxylic acids is 2. The summed E-state index contributed by atoms with van der Waals surface area (Å²) in [5, 5.41) is 11.0. The van der Waals surface area contributed by atoms with E-state index in [2.05, 4.69) is 15.5 Å². The van der Waals surface area contributed by atoms with E-state index in [9.17, 15) is 9.59 Å². The van der Waals surface area contributed by atoms with Gasteiger partial charge < -0.3 is 5.32 Å². The van der Waals surface area contributed by atoms with Gasteiger partial charge in [0.15, 0.2) is 17.3 Å². The number of nitrogens with one attached hydrogen (secondary N) is 1. The number of benzene rings is 2. The maximum Gasteiger partial charge on any atom is 0.251 e. The van der Waals surface area contributed by atoms with Crippen molar-refractivity contribution in [2.45, 2.75) is 6.54 Å². The number of nitrogens with zero attached hydrogens (tertiary/aromatic N) is 3. The summed E-state index contributed by atoms with van der Waals surface area (Å²) >= 11 is 0. The van der Waals surface area contributed by atoms with Gasteiger partial charge in [-0.15, -0.1) is 10.2 Å². The Morgan fingerprint density at radius 2 is 1.67 bits per heavy atom. The molecule has 0 unspecified atom stereocenters. The smallest absolute Gasteiger partial charge is 0.251 e. The zero-order chi connectivity index (χ0) is 18.4. The molecule has 6 nitrogen and oxygen atoms in total. The highest BCUT2D eigenvalue weighted by atomic mass is 16.1. The molecule has 0 aliphatic heterocycles. The Morgan fingerprint density at radius 1 is 0.889 bits per heavy atom. The Morgan fingerprint density at radius 3 is 2.56 bits per heavy atom. The van der Waals surface area contributed by atoms with E-state index >= 15 is 0 Å². The summed E-state index contributed by atoms with van der Waals surface area (Å²) in [6.07, 6.45) is 1.85. The summed E-state index contributed by atoms with van der Waals surface area (Å²) < 4.78 is 1.82. The van der Waals surface area contributed by atoms with Crippen LogP contribution in [0.3, 0.4) is 0 Å². The van der Waals surface area contributed by atoms with Crippen LogP contribution in [0.4, 0.5) is 0 Å². The van der Waals surface area contributed by atoms with E-state index in [1.807, 2.05) is 59.1 Å². The van der Waals surface area contributed by atoms with Crippen molar-refractivity contribution < 1.29 is 9.59 Å². The summed E-state index contributed by atoms with van der Waals surface area (Å²) in [5.74, 6) is 0.344. The molecule has 1 N–H and O–H groups in total. The second kappa shape index (κ2) is 5.88. The predicted octanol–water partition coefficient (Wildman–Crippen LogP) is 2.87. The Kier molecular flexibility index (Phi) is 3.36. The fraction of sp³-hybridized carbons (Fsp3) is 0.0476. The number of pyridine rings is 1.